The first kappa shape index (κ1) is 16.1. The Morgan fingerprint density at radius 2 is 2.05 bits per heavy atom. The monoisotopic (exact) mass is 289 g/mol. The molecule has 1 rings (SSSR count). The van der Waals surface area contributed by atoms with E-state index in [1.54, 1.807) is 11.8 Å². The summed E-state index contributed by atoms with van der Waals surface area (Å²) in [4.78, 5) is 22.4. The van der Waals surface area contributed by atoms with E-state index >= 15 is 0 Å². The van der Waals surface area contributed by atoms with Crippen molar-refractivity contribution in [1.29, 1.82) is 0 Å². The third-order valence-electron chi connectivity index (χ3n) is 2.98. The van der Waals surface area contributed by atoms with Gasteiger partial charge in [-0.3, -0.25) is 4.79 Å². The maximum Gasteiger partial charge on any atom is 0.407 e. The second kappa shape index (κ2) is 7.03. The lowest BCUT2D eigenvalue weighted by molar-refractivity contribution is -0.138. The molecule has 0 radical (unpaired) electrons. The molecule has 0 aromatic heterocycles. The highest BCUT2D eigenvalue weighted by Gasteiger charge is 2.28. The van der Waals surface area contributed by atoms with E-state index in [0.29, 0.717) is 6.54 Å². The summed E-state index contributed by atoms with van der Waals surface area (Å²) in [5.41, 5.74) is -0.507. The minimum atomic E-state index is -0.769. The van der Waals surface area contributed by atoms with Crippen LogP contribution in [-0.2, 0) is 9.53 Å². The standard InChI is InChI=1S/C13H23NO4S/c1-13(2,3)18-12(17)14-7-9-4-5-19-8-10(9)6-11(15)16/h9-10H,4-8H2,1-3H3,(H,14,17)(H,15,16)/t9-,10+/m0/s1. The Labute approximate surface area is 118 Å². The van der Waals surface area contributed by atoms with Crippen molar-refractivity contribution in [2.75, 3.05) is 18.1 Å². The number of amides is 1. The molecule has 0 spiro atoms. The van der Waals surface area contributed by atoms with Gasteiger partial charge in [-0.1, -0.05) is 0 Å². The molecular weight excluding hydrogens is 266 g/mol. The van der Waals surface area contributed by atoms with Crippen molar-refractivity contribution in [3.05, 3.63) is 0 Å². The molecule has 0 unspecified atom stereocenters. The normalized spacial score (nSPS) is 23.7. The van der Waals surface area contributed by atoms with E-state index in [0.717, 1.165) is 17.9 Å². The summed E-state index contributed by atoms with van der Waals surface area (Å²) in [5.74, 6) is 1.47. The van der Waals surface area contributed by atoms with Crippen molar-refractivity contribution in [1.82, 2.24) is 5.32 Å². The minimum Gasteiger partial charge on any atom is -0.481 e. The van der Waals surface area contributed by atoms with Crippen LogP contribution in [0.5, 0.6) is 0 Å². The second-order valence-corrected chi connectivity index (χ2v) is 7.01. The van der Waals surface area contributed by atoms with Gasteiger partial charge in [0, 0.05) is 13.0 Å². The summed E-state index contributed by atoms with van der Waals surface area (Å²) in [5, 5.41) is 11.6. The average Bonchev–Trinajstić information content (AvgIpc) is 2.24. The zero-order valence-corrected chi connectivity index (χ0v) is 12.6. The molecule has 0 aromatic rings. The van der Waals surface area contributed by atoms with Gasteiger partial charge in [0.05, 0.1) is 0 Å². The van der Waals surface area contributed by atoms with Crippen LogP contribution in [0.4, 0.5) is 4.79 Å². The number of carboxylic acid groups (broad SMARTS) is 1. The molecule has 1 heterocycles. The Balaban J connectivity index is 2.40. The van der Waals surface area contributed by atoms with Crippen LogP contribution in [0.3, 0.4) is 0 Å². The van der Waals surface area contributed by atoms with Crippen LogP contribution in [-0.4, -0.2) is 40.8 Å². The zero-order valence-electron chi connectivity index (χ0n) is 11.8. The number of thioether (sulfide) groups is 1. The highest BCUT2D eigenvalue weighted by atomic mass is 32.2. The summed E-state index contributed by atoms with van der Waals surface area (Å²) < 4.78 is 5.17. The number of carbonyl (C=O) groups excluding carboxylic acids is 1. The Morgan fingerprint density at radius 1 is 1.37 bits per heavy atom. The summed E-state index contributed by atoms with van der Waals surface area (Å²) in [6.45, 7) is 5.94. The number of aliphatic carboxylic acids is 1. The fourth-order valence-electron chi connectivity index (χ4n) is 2.09. The van der Waals surface area contributed by atoms with E-state index in [4.69, 9.17) is 9.84 Å². The number of alkyl carbamates (subject to hydrolysis) is 1. The molecule has 1 saturated heterocycles. The highest BCUT2D eigenvalue weighted by molar-refractivity contribution is 7.99. The second-order valence-electron chi connectivity index (χ2n) is 5.86. The van der Waals surface area contributed by atoms with Gasteiger partial charge >= 0.3 is 12.1 Å². The predicted molar refractivity (Wildman–Crippen MR) is 75.4 cm³/mol. The molecular formula is C13H23NO4S. The first-order valence-electron chi connectivity index (χ1n) is 6.54. The Morgan fingerprint density at radius 3 is 2.63 bits per heavy atom. The zero-order chi connectivity index (χ0) is 14.5. The van der Waals surface area contributed by atoms with Gasteiger partial charge in [0.15, 0.2) is 0 Å². The molecule has 0 bridgehead atoms. The molecule has 2 N–H and O–H groups in total. The van der Waals surface area contributed by atoms with Gasteiger partial charge in [-0.15, -0.1) is 0 Å². The third-order valence-corrected chi connectivity index (χ3v) is 4.16. The minimum absolute atomic E-state index is 0.131. The SMILES string of the molecule is CC(C)(C)OC(=O)NC[C@@H]1CCSC[C@H]1CC(=O)O. The van der Waals surface area contributed by atoms with Gasteiger partial charge in [-0.25, -0.2) is 4.79 Å². The number of rotatable bonds is 4. The van der Waals surface area contributed by atoms with Crippen molar-refractivity contribution in [2.45, 2.75) is 39.2 Å². The van der Waals surface area contributed by atoms with Gasteiger partial charge in [0.1, 0.15) is 5.60 Å². The largest absolute Gasteiger partial charge is 0.481 e. The number of ether oxygens (including phenoxy) is 1. The van der Waals surface area contributed by atoms with E-state index in [1.165, 1.54) is 0 Å². The van der Waals surface area contributed by atoms with E-state index in [-0.39, 0.29) is 18.3 Å². The first-order chi connectivity index (χ1) is 8.78. The third kappa shape index (κ3) is 6.71. The first-order valence-corrected chi connectivity index (χ1v) is 7.70. The summed E-state index contributed by atoms with van der Waals surface area (Å²) in [7, 11) is 0. The lowest BCUT2D eigenvalue weighted by Crippen LogP contribution is -2.39. The van der Waals surface area contributed by atoms with Crippen molar-refractivity contribution in [2.24, 2.45) is 11.8 Å². The Hall–Kier alpha value is -0.910. The molecule has 0 aliphatic carbocycles. The van der Waals surface area contributed by atoms with Gasteiger partial charge < -0.3 is 15.2 Å². The molecule has 1 aliphatic rings. The average molecular weight is 289 g/mol. The van der Waals surface area contributed by atoms with E-state index < -0.39 is 17.7 Å². The molecule has 110 valence electrons. The summed E-state index contributed by atoms with van der Waals surface area (Å²) in [6.07, 6.45) is 0.686. The van der Waals surface area contributed by atoms with Crippen LogP contribution in [0.25, 0.3) is 0 Å². The van der Waals surface area contributed by atoms with Gasteiger partial charge in [-0.2, -0.15) is 11.8 Å². The molecule has 6 heteroatoms. The van der Waals surface area contributed by atoms with Crippen LogP contribution >= 0.6 is 11.8 Å². The lowest BCUT2D eigenvalue weighted by Gasteiger charge is -2.30. The number of nitrogens with one attached hydrogen (secondary N) is 1. The quantitative estimate of drug-likeness (QED) is 0.831. The molecule has 5 nitrogen and oxygen atoms in total. The fourth-order valence-corrected chi connectivity index (χ4v) is 3.42. The van der Waals surface area contributed by atoms with Crippen molar-refractivity contribution in [3.8, 4) is 0 Å². The predicted octanol–water partition coefficient (Wildman–Crippen LogP) is 2.36. The van der Waals surface area contributed by atoms with Crippen LogP contribution in [0.1, 0.15) is 33.6 Å². The smallest absolute Gasteiger partial charge is 0.407 e. The van der Waals surface area contributed by atoms with Gasteiger partial charge in [0.25, 0.3) is 0 Å². The fraction of sp³-hybridized carbons (Fsp3) is 0.846. The molecule has 0 aromatic carbocycles. The number of carbonyl (C=O) groups is 2. The number of hydrogen-bond acceptors (Lipinski definition) is 4. The molecule has 0 saturated carbocycles. The molecule has 1 aliphatic heterocycles. The molecule has 1 amide bonds. The summed E-state index contributed by atoms with van der Waals surface area (Å²) >= 11 is 1.79. The topological polar surface area (TPSA) is 75.6 Å². The van der Waals surface area contributed by atoms with Crippen LogP contribution < -0.4 is 5.32 Å². The van der Waals surface area contributed by atoms with Crippen molar-refractivity contribution >= 4 is 23.8 Å². The highest BCUT2D eigenvalue weighted by Crippen LogP contribution is 2.30. The van der Waals surface area contributed by atoms with Crippen LogP contribution in [0, 0.1) is 11.8 Å². The van der Waals surface area contributed by atoms with Crippen LogP contribution in [0.15, 0.2) is 0 Å². The van der Waals surface area contributed by atoms with Crippen molar-refractivity contribution in [3.63, 3.8) is 0 Å². The summed E-state index contributed by atoms with van der Waals surface area (Å²) in [6, 6.07) is 0. The van der Waals surface area contributed by atoms with E-state index in [2.05, 4.69) is 5.32 Å². The Kier molecular flexibility index (Phi) is 5.97. The van der Waals surface area contributed by atoms with E-state index in [1.807, 2.05) is 20.8 Å². The van der Waals surface area contributed by atoms with Gasteiger partial charge in [0.2, 0.25) is 0 Å². The maximum atomic E-state index is 11.6. The Bertz CT molecular complexity index is 327. The van der Waals surface area contributed by atoms with Gasteiger partial charge in [-0.05, 0) is 50.5 Å². The molecule has 1 fully saturated rings. The van der Waals surface area contributed by atoms with Crippen molar-refractivity contribution < 1.29 is 19.4 Å². The number of carboxylic acids is 1. The van der Waals surface area contributed by atoms with E-state index in [9.17, 15) is 9.59 Å². The maximum absolute atomic E-state index is 11.6. The number of hydrogen-bond donors (Lipinski definition) is 2. The lowest BCUT2D eigenvalue weighted by atomic mass is 9.88. The molecule has 2 atom stereocenters. The van der Waals surface area contributed by atoms with Crippen LogP contribution in [0.2, 0.25) is 0 Å². The molecule has 19 heavy (non-hydrogen) atoms.